The van der Waals surface area contributed by atoms with Gasteiger partial charge < -0.3 is 10.4 Å². The molecule has 0 aromatic rings. The predicted octanol–water partition coefficient (Wildman–Crippen LogP) is 0.443. The second-order valence-corrected chi connectivity index (χ2v) is 4.10. The zero-order valence-electron chi connectivity index (χ0n) is 8.84. The molecular weight excluding hydrogens is 164 g/mol. The Labute approximate surface area is 81.1 Å². The minimum Gasteiger partial charge on any atom is -0.394 e. The van der Waals surface area contributed by atoms with E-state index in [2.05, 4.69) is 24.1 Å². The van der Waals surface area contributed by atoms with Gasteiger partial charge in [-0.15, -0.1) is 0 Å². The van der Waals surface area contributed by atoms with E-state index in [1.165, 1.54) is 6.42 Å². The lowest BCUT2D eigenvalue weighted by Gasteiger charge is -2.38. The van der Waals surface area contributed by atoms with E-state index in [4.69, 9.17) is 0 Å². The number of nitrogens with one attached hydrogen (secondary N) is 1. The van der Waals surface area contributed by atoms with Crippen molar-refractivity contribution in [3.8, 4) is 0 Å². The molecule has 1 fully saturated rings. The largest absolute Gasteiger partial charge is 0.394 e. The molecule has 2 N–H and O–H groups in total. The van der Waals surface area contributed by atoms with Crippen LogP contribution < -0.4 is 5.32 Å². The fourth-order valence-corrected chi connectivity index (χ4v) is 1.82. The van der Waals surface area contributed by atoms with E-state index in [1.54, 1.807) is 0 Å². The molecule has 3 nitrogen and oxygen atoms in total. The summed E-state index contributed by atoms with van der Waals surface area (Å²) in [7, 11) is 0. The summed E-state index contributed by atoms with van der Waals surface area (Å²) >= 11 is 0. The Hall–Kier alpha value is -0.120. The van der Waals surface area contributed by atoms with Gasteiger partial charge in [-0.3, -0.25) is 4.90 Å². The number of rotatable bonds is 3. The van der Waals surface area contributed by atoms with Crippen LogP contribution >= 0.6 is 0 Å². The highest BCUT2D eigenvalue weighted by atomic mass is 16.3. The highest BCUT2D eigenvalue weighted by molar-refractivity contribution is 4.85. The summed E-state index contributed by atoms with van der Waals surface area (Å²) in [6.07, 6.45) is 2.21. The highest BCUT2D eigenvalue weighted by Gasteiger charge is 2.29. The fraction of sp³-hybridized carbons (Fsp3) is 1.00. The summed E-state index contributed by atoms with van der Waals surface area (Å²) < 4.78 is 0. The van der Waals surface area contributed by atoms with Crippen molar-refractivity contribution in [1.29, 1.82) is 0 Å². The SMILES string of the molecule is CCC(C)(CO)N1CCCNCC1. The van der Waals surface area contributed by atoms with Gasteiger partial charge in [0.1, 0.15) is 0 Å². The van der Waals surface area contributed by atoms with Gasteiger partial charge in [-0.2, -0.15) is 0 Å². The van der Waals surface area contributed by atoms with Crippen molar-refractivity contribution in [2.45, 2.75) is 32.2 Å². The molecule has 1 atom stereocenters. The van der Waals surface area contributed by atoms with Crippen molar-refractivity contribution in [2.24, 2.45) is 0 Å². The van der Waals surface area contributed by atoms with Gasteiger partial charge in [0.15, 0.2) is 0 Å². The number of aliphatic hydroxyl groups is 1. The third kappa shape index (κ3) is 2.66. The molecule has 1 aliphatic heterocycles. The number of nitrogens with zero attached hydrogens (tertiary/aromatic N) is 1. The lowest BCUT2D eigenvalue weighted by molar-refractivity contribution is 0.0447. The monoisotopic (exact) mass is 186 g/mol. The van der Waals surface area contributed by atoms with Gasteiger partial charge in [0.25, 0.3) is 0 Å². The van der Waals surface area contributed by atoms with Gasteiger partial charge in [0.2, 0.25) is 0 Å². The van der Waals surface area contributed by atoms with Crippen LogP contribution in [0.15, 0.2) is 0 Å². The first kappa shape index (κ1) is 11.0. The van der Waals surface area contributed by atoms with E-state index in [0.717, 1.165) is 32.6 Å². The van der Waals surface area contributed by atoms with Crippen molar-refractivity contribution in [1.82, 2.24) is 10.2 Å². The molecule has 0 amide bonds. The van der Waals surface area contributed by atoms with Crippen LogP contribution in [0.2, 0.25) is 0 Å². The smallest absolute Gasteiger partial charge is 0.0612 e. The molecule has 1 unspecified atom stereocenters. The fourth-order valence-electron chi connectivity index (χ4n) is 1.82. The quantitative estimate of drug-likeness (QED) is 0.671. The molecule has 3 heteroatoms. The van der Waals surface area contributed by atoms with Crippen LogP contribution in [0.1, 0.15) is 26.7 Å². The first-order chi connectivity index (χ1) is 6.23. The van der Waals surface area contributed by atoms with E-state index < -0.39 is 0 Å². The molecule has 78 valence electrons. The topological polar surface area (TPSA) is 35.5 Å². The highest BCUT2D eigenvalue weighted by Crippen LogP contribution is 2.19. The van der Waals surface area contributed by atoms with Gasteiger partial charge in [-0.1, -0.05) is 6.92 Å². The molecule has 0 radical (unpaired) electrons. The Kier molecular flexibility index (Phi) is 4.16. The maximum Gasteiger partial charge on any atom is 0.0612 e. The molecule has 0 spiro atoms. The lowest BCUT2D eigenvalue weighted by atomic mass is 9.97. The molecule has 1 aliphatic rings. The summed E-state index contributed by atoms with van der Waals surface area (Å²) in [4.78, 5) is 2.41. The van der Waals surface area contributed by atoms with Gasteiger partial charge >= 0.3 is 0 Å². The molecule has 0 aromatic carbocycles. The average molecular weight is 186 g/mol. The van der Waals surface area contributed by atoms with Crippen molar-refractivity contribution in [3.63, 3.8) is 0 Å². The normalized spacial score (nSPS) is 25.2. The lowest BCUT2D eigenvalue weighted by Crippen LogP contribution is -2.50. The molecule has 0 aromatic heterocycles. The molecule has 0 saturated carbocycles. The first-order valence-electron chi connectivity index (χ1n) is 5.29. The van der Waals surface area contributed by atoms with E-state index in [0.29, 0.717) is 0 Å². The minimum atomic E-state index is -0.00792. The van der Waals surface area contributed by atoms with Crippen LogP contribution in [-0.4, -0.2) is 48.3 Å². The van der Waals surface area contributed by atoms with Crippen molar-refractivity contribution in [3.05, 3.63) is 0 Å². The molecule has 1 saturated heterocycles. The van der Waals surface area contributed by atoms with Crippen molar-refractivity contribution < 1.29 is 5.11 Å². The van der Waals surface area contributed by atoms with Crippen molar-refractivity contribution >= 4 is 0 Å². The van der Waals surface area contributed by atoms with E-state index >= 15 is 0 Å². The van der Waals surface area contributed by atoms with Crippen LogP contribution in [0.25, 0.3) is 0 Å². The van der Waals surface area contributed by atoms with E-state index in [9.17, 15) is 5.11 Å². The first-order valence-corrected chi connectivity index (χ1v) is 5.29. The maximum absolute atomic E-state index is 9.37. The van der Waals surface area contributed by atoms with Crippen LogP contribution in [-0.2, 0) is 0 Å². The number of hydrogen-bond donors (Lipinski definition) is 2. The second-order valence-electron chi connectivity index (χ2n) is 4.10. The molecule has 13 heavy (non-hydrogen) atoms. The Morgan fingerprint density at radius 1 is 1.38 bits per heavy atom. The van der Waals surface area contributed by atoms with Crippen LogP contribution in [0.5, 0.6) is 0 Å². The molecule has 1 heterocycles. The average Bonchev–Trinajstić information content (AvgIpc) is 2.45. The molecule has 0 bridgehead atoms. The summed E-state index contributed by atoms with van der Waals surface area (Å²) in [5.74, 6) is 0. The Bertz CT molecular complexity index is 138. The third-order valence-corrected chi connectivity index (χ3v) is 3.21. The zero-order valence-corrected chi connectivity index (χ0v) is 8.84. The Morgan fingerprint density at radius 2 is 2.15 bits per heavy atom. The summed E-state index contributed by atoms with van der Waals surface area (Å²) in [6.45, 7) is 8.90. The second kappa shape index (κ2) is 4.94. The van der Waals surface area contributed by atoms with Gasteiger partial charge in [-0.05, 0) is 26.3 Å². The van der Waals surface area contributed by atoms with E-state index in [-0.39, 0.29) is 12.1 Å². The Balaban J connectivity index is 2.55. The minimum absolute atomic E-state index is 0.00792. The molecular formula is C10H22N2O. The summed E-state index contributed by atoms with van der Waals surface area (Å²) in [6, 6.07) is 0. The van der Waals surface area contributed by atoms with Crippen molar-refractivity contribution in [2.75, 3.05) is 32.8 Å². The maximum atomic E-state index is 9.37. The summed E-state index contributed by atoms with van der Waals surface area (Å²) in [5.41, 5.74) is -0.00792. The molecule has 0 aliphatic carbocycles. The Morgan fingerprint density at radius 3 is 2.77 bits per heavy atom. The van der Waals surface area contributed by atoms with E-state index in [1.807, 2.05) is 0 Å². The number of aliphatic hydroxyl groups excluding tert-OH is 1. The van der Waals surface area contributed by atoms with Crippen LogP contribution in [0.4, 0.5) is 0 Å². The zero-order chi connectivity index (χ0) is 9.73. The van der Waals surface area contributed by atoms with Gasteiger partial charge in [-0.25, -0.2) is 0 Å². The van der Waals surface area contributed by atoms with Gasteiger partial charge in [0, 0.05) is 25.2 Å². The molecule has 1 rings (SSSR count). The van der Waals surface area contributed by atoms with Crippen LogP contribution in [0, 0.1) is 0 Å². The third-order valence-electron chi connectivity index (χ3n) is 3.21. The summed E-state index contributed by atoms with van der Waals surface area (Å²) in [5, 5.41) is 12.7. The predicted molar refractivity (Wildman–Crippen MR) is 54.8 cm³/mol. The van der Waals surface area contributed by atoms with Gasteiger partial charge in [0.05, 0.1) is 6.61 Å². The van der Waals surface area contributed by atoms with Crippen LogP contribution in [0.3, 0.4) is 0 Å². The number of hydrogen-bond acceptors (Lipinski definition) is 3. The standard InChI is InChI=1S/C10H22N2O/c1-3-10(2,9-13)12-7-4-5-11-6-8-12/h11,13H,3-9H2,1-2H3.